The van der Waals surface area contributed by atoms with Crippen LogP contribution in [0.15, 0.2) is 22.7 Å². The summed E-state index contributed by atoms with van der Waals surface area (Å²) in [7, 11) is 1.44. The number of hydrogen-bond donors (Lipinski definition) is 0. The Morgan fingerprint density at radius 3 is 2.54 bits per heavy atom. The van der Waals surface area contributed by atoms with Crippen LogP contribution in [0.2, 0.25) is 0 Å². The fourth-order valence-electron chi connectivity index (χ4n) is 0.824. The lowest BCUT2D eigenvalue weighted by Crippen LogP contribution is -1.96. The smallest absolute Gasteiger partial charge is 0.212 e. The Balaban J connectivity index is 3.04. The van der Waals surface area contributed by atoms with Gasteiger partial charge < -0.3 is 0 Å². The summed E-state index contributed by atoms with van der Waals surface area (Å²) >= 11 is 3.04. The van der Waals surface area contributed by atoms with Gasteiger partial charge in [-0.3, -0.25) is 0 Å². The summed E-state index contributed by atoms with van der Waals surface area (Å²) in [5, 5.41) is 0. The first kappa shape index (κ1) is 10.9. The molecule has 0 radical (unpaired) electrons. The van der Waals surface area contributed by atoms with Crippen molar-refractivity contribution in [3.8, 4) is 0 Å². The first-order valence-corrected chi connectivity index (χ1v) is 6.52. The van der Waals surface area contributed by atoms with Crippen LogP contribution in [0.3, 0.4) is 0 Å². The fraction of sp³-hybridized carbons (Fsp3) is 0.143. The van der Waals surface area contributed by atoms with E-state index in [0.717, 1.165) is 0 Å². The Morgan fingerprint density at radius 2 is 2.08 bits per heavy atom. The summed E-state index contributed by atoms with van der Waals surface area (Å²) in [4.78, 5) is 0. The zero-order valence-electron chi connectivity index (χ0n) is 6.30. The Hall–Kier alpha value is -0.130. The molecule has 1 aromatic rings. The first-order valence-electron chi connectivity index (χ1n) is 3.25. The maximum absolute atomic E-state index is 12.6. The largest absolute Gasteiger partial charge is 0.236 e. The third kappa shape index (κ3) is 3.62. The van der Waals surface area contributed by atoms with Crippen LogP contribution in [0.25, 0.3) is 0 Å². The molecule has 1 rings (SSSR count). The van der Waals surface area contributed by atoms with Gasteiger partial charge in [-0.1, -0.05) is 22.0 Å². The molecule has 72 valence electrons. The Kier molecular flexibility index (Phi) is 3.32. The standard InChI is InChI=1S/C7H5BrClFO2S/c8-7-3-6(10)2-1-5(7)4-13(9,11)12/h1-3H,4H2. The third-order valence-corrected chi connectivity index (χ3v) is 3.06. The topological polar surface area (TPSA) is 34.1 Å². The molecule has 6 heteroatoms. The van der Waals surface area contributed by atoms with Crippen molar-refractivity contribution in [1.29, 1.82) is 0 Å². The molecular formula is C7H5BrClFO2S. The van der Waals surface area contributed by atoms with E-state index in [2.05, 4.69) is 15.9 Å². The fourth-order valence-corrected chi connectivity index (χ4v) is 2.48. The number of hydrogen-bond acceptors (Lipinski definition) is 2. The summed E-state index contributed by atoms with van der Waals surface area (Å²) < 4.78 is 34.3. The van der Waals surface area contributed by atoms with E-state index in [4.69, 9.17) is 10.7 Å². The summed E-state index contributed by atoms with van der Waals surface area (Å²) in [6.07, 6.45) is 0. The van der Waals surface area contributed by atoms with Crippen LogP contribution < -0.4 is 0 Å². The molecule has 0 aliphatic carbocycles. The zero-order valence-corrected chi connectivity index (χ0v) is 9.46. The zero-order chi connectivity index (χ0) is 10.1. The molecule has 0 amide bonds. The van der Waals surface area contributed by atoms with E-state index in [1.165, 1.54) is 18.2 Å². The van der Waals surface area contributed by atoms with Crippen LogP contribution in [0, 0.1) is 5.82 Å². The third-order valence-electron chi connectivity index (χ3n) is 1.34. The number of benzene rings is 1. The van der Waals surface area contributed by atoms with Crippen molar-refractivity contribution in [1.82, 2.24) is 0 Å². The molecule has 0 spiro atoms. The van der Waals surface area contributed by atoms with Crippen LogP contribution in [0.1, 0.15) is 5.56 Å². The van der Waals surface area contributed by atoms with Gasteiger partial charge in [-0.15, -0.1) is 0 Å². The number of rotatable bonds is 2. The van der Waals surface area contributed by atoms with Gasteiger partial charge in [-0.25, -0.2) is 12.8 Å². The highest BCUT2D eigenvalue weighted by molar-refractivity contribution is 9.10. The molecule has 0 saturated heterocycles. The second kappa shape index (κ2) is 3.94. The minimum atomic E-state index is -3.59. The molecule has 0 aromatic heterocycles. The minimum Gasteiger partial charge on any atom is -0.212 e. The van der Waals surface area contributed by atoms with Crippen LogP contribution in [0.5, 0.6) is 0 Å². The van der Waals surface area contributed by atoms with Gasteiger partial charge in [0.1, 0.15) is 5.82 Å². The normalized spacial score (nSPS) is 11.6. The molecule has 13 heavy (non-hydrogen) atoms. The van der Waals surface area contributed by atoms with Gasteiger partial charge in [0, 0.05) is 15.2 Å². The number of halogens is 3. The molecule has 0 unspecified atom stereocenters. The predicted octanol–water partition coefficient (Wildman–Crippen LogP) is 2.66. The van der Waals surface area contributed by atoms with Crippen LogP contribution in [-0.2, 0) is 14.8 Å². The summed E-state index contributed by atoms with van der Waals surface area (Å²) in [6, 6.07) is 3.75. The quantitative estimate of drug-likeness (QED) is 0.784. The van der Waals surface area contributed by atoms with Gasteiger partial charge in [0.2, 0.25) is 9.05 Å². The van der Waals surface area contributed by atoms with Gasteiger partial charge in [0.25, 0.3) is 0 Å². The van der Waals surface area contributed by atoms with E-state index < -0.39 is 14.9 Å². The Bertz CT molecular complexity index is 419. The molecule has 0 aliphatic rings. The van der Waals surface area contributed by atoms with Crippen LogP contribution >= 0.6 is 26.6 Å². The highest BCUT2D eigenvalue weighted by atomic mass is 79.9. The lowest BCUT2D eigenvalue weighted by atomic mass is 10.2. The predicted molar refractivity (Wildman–Crippen MR) is 52.6 cm³/mol. The minimum absolute atomic E-state index is 0.310. The van der Waals surface area contributed by atoms with Crippen molar-refractivity contribution in [3.63, 3.8) is 0 Å². The van der Waals surface area contributed by atoms with Crippen molar-refractivity contribution >= 4 is 35.7 Å². The molecule has 0 bridgehead atoms. The van der Waals surface area contributed by atoms with E-state index in [9.17, 15) is 12.8 Å². The molecule has 0 saturated carbocycles. The van der Waals surface area contributed by atoms with E-state index in [1.807, 2.05) is 0 Å². The molecular weight excluding hydrogens is 282 g/mol. The molecule has 0 atom stereocenters. The Labute approximate surface area is 88.3 Å². The molecule has 0 N–H and O–H groups in total. The van der Waals surface area contributed by atoms with Crippen molar-refractivity contribution < 1.29 is 12.8 Å². The van der Waals surface area contributed by atoms with Gasteiger partial charge in [-0.2, -0.15) is 0 Å². The van der Waals surface area contributed by atoms with Crippen LogP contribution in [-0.4, -0.2) is 8.42 Å². The van der Waals surface area contributed by atoms with Gasteiger partial charge in [-0.05, 0) is 17.7 Å². The molecule has 0 aliphatic heterocycles. The van der Waals surface area contributed by atoms with Gasteiger partial charge >= 0.3 is 0 Å². The summed E-state index contributed by atoms with van der Waals surface area (Å²) in [5.41, 5.74) is 0.441. The lowest BCUT2D eigenvalue weighted by Gasteiger charge is -2.00. The van der Waals surface area contributed by atoms with Crippen molar-refractivity contribution in [3.05, 3.63) is 34.1 Å². The molecule has 0 fully saturated rings. The monoisotopic (exact) mass is 286 g/mol. The molecule has 0 heterocycles. The SMILES string of the molecule is O=S(=O)(Cl)Cc1ccc(F)cc1Br. The summed E-state index contributed by atoms with van der Waals surface area (Å²) in [5.74, 6) is -0.738. The van der Waals surface area contributed by atoms with Gasteiger partial charge in [0.15, 0.2) is 0 Å². The lowest BCUT2D eigenvalue weighted by molar-refractivity contribution is 0.608. The van der Waals surface area contributed by atoms with Crippen molar-refractivity contribution in [2.24, 2.45) is 0 Å². The maximum Gasteiger partial charge on any atom is 0.236 e. The molecule has 2 nitrogen and oxygen atoms in total. The summed E-state index contributed by atoms with van der Waals surface area (Å²) in [6.45, 7) is 0. The average Bonchev–Trinajstić information content (AvgIpc) is 1.93. The first-order chi connectivity index (χ1) is 5.88. The van der Waals surface area contributed by atoms with E-state index in [-0.39, 0.29) is 5.75 Å². The average molecular weight is 288 g/mol. The second-order valence-corrected chi connectivity index (χ2v) is 6.05. The molecule has 1 aromatic carbocycles. The van der Waals surface area contributed by atoms with Crippen molar-refractivity contribution in [2.45, 2.75) is 5.75 Å². The second-order valence-electron chi connectivity index (χ2n) is 2.42. The highest BCUT2D eigenvalue weighted by Crippen LogP contribution is 2.21. The van der Waals surface area contributed by atoms with Gasteiger partial charge in [0.05, 0.1) is 5.75 Å². The van der Waals surface area contributed by atoms with Crippen LogP contribution in [0.4, 0.5) is 4.39 Å². The van der Waals surface area contributed by atoms with E-state index in [1.54, 1.807) is 0 Å². The van der Waals surface area contributed by atoms with Crippen molar-refractivity contribution in [2.75, 3.05) is 0 Å². The maximum atomic E-state index is 12.6. The Morgan fingerprint density at radius 1 is 1.46 bits per heavy atom. The van der Waals surface area contributed by atoms with E-state index in [0.29, 0.717) is 10.0 Å². The highest BCUT2D eigenvalue weighted by Gasteiger charge is 2.10. The van der Waals surface area contributed by atoms with E-state index >= 15 is 0 Å².